The highest BCUT2D eigenvalue weighted by molar-refractivity contribution is 7.91. The van der Waals surface area contributed by atoms with E-state index in [0.29, 0.717) is 23.8 Å². The van der Waals surface area contributed by atoms with E-state index in [1.54, 1.807) is 22.5 Å². The Morgan fingerprint density at radius 3 is 2.71 bits per heavy atom. The Labute approximate surface area is 129 Å². The van der Waals surface area contributed by atoms with Crippen molar-refractivity contribution in [3.63, 3.8) is 0 Å². The predicted octanol–water partition coefficient (Wildman–Crippen LogP) is 1.77. The first-order chi connectivity index (χ1) is 10.0. The van der Waals surface area contributed by atoms with Gasteiger partial charge in [-0.1, -0.05) is 12.5 Å². The Bertz CT molecular complexity index is 601. The summed E-state index contributed by atoms with van der Waals surface area (Å²) in [5.41, 5.74) is 0. The Kier molecular flexibility index (Phi) is 5.55. The summed E-state index contributed by atoms with van der Waals surface area (Å²) in [4.78, 5) is 12.4. The number of nitrogens with zero attached hydrogens (tertiary/aromatic N) is 1. The average Bonchev–Trinajstić information content (AvgIpc) is 2.95. The molecule has 1 aliphatic rings. The third-order valence-electron chi connectivity index (χ3n) is 3.32. The van der Waals surface area contributed by atoms with Crippen molar-refractivity contribution in [1.82, 2.24) is 9.62 Å². The largest absolute Gasteiger partial charge is 0.352 e. The van der Waals surface area contributed by atoms with E-state index < -0.39 is 10.0 Å². The molecule has 116 valence electrons. The lowest BCUT2D eigenvalue weighted by molar-refractivity contribution is -0.120. The van der Waals surface area contributed by atoms with Gasteiger partial charge < -0.3 is 5.32 Å². The van der Waals surface area contributed by atoms with Gasteiger partial charge in [-0.15, -0.1) is 17.9 Å². The first kappa shape index (κ1) is 16.2. The second-order valence-electron chi connectivity index (χ2n) is 4.96. The van der Waals surface area contributed by atoms with E-state index >= 15 is 0 Å². The molecule has 0 aromatic carbocycles. The molecular formula is C14H20N2O3S2. The molecule has 1 aliphatic heterocycles. The van der Waals surface area contributed by atoms with Crippen LogP contribution in [0.2, 0.25) is 0 Å². The number of sulfonamides is 1. The number of amides is 1. The lowest BCUT2D eigenvalue weighted by atomic mass is 10.2. The third kappa shape index (κ3) is 4.15. The summed E-state index contributed by atoms with van der Waals surface area (Å²) in [5, 5.41) is 2.68. The van der Waals surface area contributed by atoms with Crippen LogP contribution in [-0.4, -0.2) is 38.3 Å². The number of rotatable bonds is 6. The lowest BCUT2D eigenvalue weighted by Gasteiger charge is -2.25. The molecule has 5 nitrogen and oxygen atoms in total. The summed E-state index contributed by atoms with van der Waals surface area (Å²) >= 11 is 1.18. The highest BCUT2D eigenvalue weighted by Crippen LogP contribution is 2.27. The zero-order valence-electron chi connectivity index (χ0n) is 11.9. The van der Waals surface area contributed by atoms with E-state index in [1.807, 2.05) is 0 Å². The fraction of sp³-hybridized carbons (Fsp3) is 0.500. The smallest absolute Gasteiger partial charge is 0.252 e. The van der Waals surface area contributed by atoms with Crippen molar-refractivity contribution < 1.29 is 13.2 Å². The van der Waals surface area contributed by atoms with Crippen LogP contribution in [0.3, 0.4) is 0 Å². The molecule has 2 rings (SSSR count). The zero-order valence-corrected chi connectivity index (χ0v) is 13.5. The van der Waals surface area contributed by atoms with Crippen LogP contribution in [0.4, 0.5) is 0 Å². The van der Waals surface area contributed by atoms with E-state index in [4.69, 9.17) is 0 Å². The van der Waals surface area contributed by atoms with Gasteiger partial charge in [-0.3, -0.25) is 4.79 Å². The van der Waals surface area contributed by atoms with E-state index in [9.17, 15) is 13.2 Å². The summed E-state index contributed by atoms with van der Waals surface area (Å²) < 4.78 is 26.8. The second-order valence-corrected chi connectivity index (χ2v) is 8.29. The lowest BCUT2D eigenvalue weighted by Crippen LogP contribution is -2.35. The van der Waals surface area contributed by atoms with Crippen molar-refractivity contribution in [3.8, 4) is 0 Å². The molecule has 0 atom stereocenters. The molecule has 7 heteroatoms. The van der Waals surface area contributed by atoms with Crippen LogP contribution in [0, 0.1) is 0 Å². The Hall–Kier alpha value is -1.18. The van der Waals surface area contributed by atoms with Gasteiger partial charge in [0.15, 0.2) is 0 Å². The van der Waals surface area contributed by atoms with Gasteiger partial charge in [-0.25, -0.2) is 8.42 Å². The monoisotopic (exact) mass is 328 g/mol. The standard InChI is InChI=1S/C14H20N2O3S2/c1-2-8-15-13(17)11-12-6-7-14(20-12)21(18,19)16-9-4-3-5-10-16/h2,6-7H,1,3-5,8-11H2,(H,15,17). The second kappa shape index (κ2) is 7.20. The summed E-state index contributed by atoms with van der Waals surface area (Å²) in [5.74, 6) is -0.126. The fourth-order valence-corrected chi connectivity index (χ4v) is 5.26. The van der Waals surface area contributed by atoms with Crippen LogP contribution in [0.5, 0.6) is 0 Å². The Morgan fingerprint density at radius 2 is 2.05 bits per heavy atom. The van der Waals surface area contributed by atoms with E-state index in [1.165, 1.54) is 11.3 Å². The van der Waals surface area contributed by atoms with Gasteiger partial charge in [0.2, 0.25) is 5.91 Å². The molecule has 1 aromatic rings. The van der Waals surface area contributed by atoms with Gasteiger partial charge in [0.1, 0.15) is 4.21 Å². The van der Waals surface area contributed by atoms with Crippen molar-refractivity contribution in [2.45, 2.75) is 29.9 Å². The van der Waals surface area contributed by atoms with Crippen LogP contribution in [0.15, 0.2) is 29.0 Å². The quantitative estimate of drug-likeness (QED) is 0.809. The third-order valence-corrected chi connectivity index (χ3v) is 6.78. The maximum atomic E-state index is 12.5. The number of carbonyl (C=O) groups excluding carboxylic acids is 1. The highest BCUT2D eigenvalue weighted by Gasteiger charge is 2.27. The number of thiophene rings is 1. The molecule has 0 saturated carbocycles. The van der Waals surface area contributed by atoms with E-state index in [0.717, 1.165) is 24.1 Å². The Morgan fingerprint density at radius 1 is 1.33 bits per heavy atom. The molecule has 21 heavy (non-hydrogen) atoms. The van der Waals surface area contributed by atoms with E-state index in [2.05, 4.69) is 11.9 Å². The summed E-state index contributed by atoms with van der Waals surface area (Å²) in [6, 6.07) is 3.32. The minimum Gasteiger partial charge on any atom is -0.352 e. The van der Waals surface area contributed by atoms with Gasteiger partial charge in [0, 0.05) is 24.5 Å². The minimum absolute atomic E-state index is 0.126. The first-order valence-electron chi connectivity index (χ1n) is 7.00. The average molecular weight is 328 g/mol. The van der Waals surface area contributed by atoms with Gasteiger partial charge in [0.25, 0.3) is 10.0 Å². The molecule has 1 N–H and O–H groups in total. The van der Waals surface area contributed by atoms with Gasteiger partial charge in [0.05, 0.1) is 6.42 Å². The molecule has 0 radical (unpaired) electrons. The molecule has 0 bridgehead atoms. The summed E-state index contributed by atoms with van der Waals surface area (Å²) in [6.07, 6.45) is 4.74. The van der Waals surface area contributed by atoms with Crippen LogP contribution in [-0.2, 0) is 21.2 Å². The number of nitrogens with one attached hydrogen (secondary N) is 1. The number of hydrogen-bond donors (Lipinski definition) is 1. The molecule has 0 unspecified atom stereocenters. The van der Waals surface area contributed by atoms with Crippen LogP contribution in [0.25, 0.3) is 0 Å². The van der Waals surface area contributed by atoms with Gasteiger partial charge in [-0.05, 0) is 25.0 Å². The van der Waals surface area contributed by atoms with Gasteiger partial charge >= 0.3 is 0 Å². The molecule has 1 amide bonds. The molecule has 1 saturated heterocycles. The maximum absolute atomic E-state index is 12.5. The van der Waals surface area contributed by atoms with Crippen molar-refractivity contribution >= 4 is 27.3 Å². The van der Waals surface area contributed by atoms with Crippen molar-refractivity contribution in [2.24, 2.45) is 0 Å². The van der Waals surface area contributed by atoms with Gasteiger partial charge in [-0.2, -0.15) is 4.31 Å². The van der Waals surface area contributed by atoms with Crippen molar-refractivity contribution in [1.29, 1.82) is 0 Å². The topological polar surface area (TPSA) is 66.5 Å². The van der Waals surface area contributed by atoms with Crippen molar-refractivity contribution in [2.75, 3.05) is 19.6 Å². The van der Waals surface area contributed by atoms with E-state index in [-0.39, 0.29) is 12.3 Å². The van der Waals surface area contributed by atoms with Crippen LogP contribution < -0.4 is 5.32 Å². The molecular weight excluding hydrogens is 308 g/mol. The fourth-order valence-electron chi connectivity index (χ4n) is 2.23. The molecule has 0 spiro atoms. The van der Waals surface area contributed by atoms with Crippen LogP contribution >= 0.6 is 11.3 Å². The highest BCUT2D eigenvalue weighted by atomic mass is 32.2. The predicted molar refractivity (Wildman–Crippen MR) is 83.8 cm³/mol. The minimum atomic E-state index is -3.39. The van der Waals surface area contributed by atoms with Crippen molar-refractivity contribution in [3.05, 3.63) is 29.7 Å². The summed E-state index contributed by atoms with van der Waals surface area (Å²) in [7, 11) is -3.39. The Balaban J connectivity index is 2.04. The number of carbonyl (C=O) groups is 1. The number of piperidine rings is 1. The molecule has 0 aliphatic carbocycles. The first-order valence-corrected chi connectivity index (χ1v) is 9.26. The maximum Gasteiger partial charge on any atom is 0.252 e. The SMILES string of the molecule is C=CCNC(=O)Cc1ccc(S(=O)(=O)N2CCCCC2)s1. The number of hydrogen-bond acceptors (Lipinski definition) is 4. The molecule has 1 aromatic heterocycles. The van der Waals surface area contributed by atoms with Crippen LogP contribution in [0.1, 0.15) is 24.1 Å². The molecule has 1 fully saturated rings. The molecule has 2 heterocycles. The normalized spacial score (nSPS) is 16.6. The zero-order chi connectivity index (χ0) is 15.3. The summed E-state index contributed by atoms with van der Waals surface area (Å²) in [6.45, 7) is 5.14.